The minimum Gasteiger partial charge on any atom is -0.449 e. The molecule has 1 aliphatic heterocycles. The second kappa shape index (κ2) is 9.27. The van der Waals surface area contributed by atoms with Crippen LogP contribution in [0.4, 0.5) is 0 Å². The van der Waals surface area contributed by atoms with E-state index < -0.39 is 12.1 Å². The molecule has 3 rings (SSSR count). The average molecular weight is 416 g/mol. The lowest BCUT2D eigenvalue weighted by atomic mass is 10.1. The number of aryl methyl sites for hydroxylation is 1. The van der Waals surface area contributed by atoms with Crippen molar-refractivity contribution in [2.24, 2.45) is 0 Å². The van der Waals surface area contributed by atoms with Gasteiger partial charge in [-0.3, -0.25) is 9.48 Å². The molecule has 0 N–H and O–H groups in total. The lowest BCUT2D eigenvalue weighted by molar-refractivity contribution is -0.154. The van der Waals surface area contributed by atoms with Crippen LogP contribution >= 0.6 is 11.6 Å². The molecule has 1 amide bonds. The molecule has 2 heterocycles. The van der Waals surface area contributed by atoms with Gasteiger partial charge in [0.15, 0.2) is 6.10 Å². The molecular formula is C22H26ClN3O3. The van der Waals surface area contributed by atoms with Crippen molar-refractivity contribution in [3.8, 4) is 0 Å². The van der Waals surface area contributed by atoms with E-state index in [1.807, 2.05) is 42.8 Å². The molecular weight excluding hydrogens is 390 g/mol. The summed E-state index contributed by atoms with van der Waals surface area (Å²) in [4.78, 5) is 26.2. The summed E-state index contributed by atoms with van der Waals surface area (Å²) in [5.74, 6) is -0.674. The van der Waals surface area contributed by atoms with E-state index in [1.165, 1.54) is 6.08 Å². The van der Waals surface area contributed by atoms with Gasteiger partial charge >= 0.3 is 5.97 Å². The van der Waals surface area contributed by atoms with Crippen LogP contribution < -0.4 is 0 Å². The molecule has 1 atom stereocenters. The van der Waals surface area contributed by atoms with Crippen molar-refractivity contribution in [3.63, 3.8) is 0 Å². The Bertz CT molecular complexity index is 929. The molecule has 29 heavy (non-hydrogen) atoms. The SMILES string of the molecule is Cc1nn(Cc2ccccc2Cl)c(C)c1/C=C/C(=O)O[C@H](C)C(=O)N1CCCC1. The Morgan fingerprint density at radius 2 is 1.93 bits per heavy atom. The van der Waals surface area contributed by atoms with E-state index >= 15 is 0 Å². The Balaban J connectivity index is 1.65. The molecule has 0 bridgehead atoms. The molecule has 0 unspecified atom stereocenters. The van der Waals surface area contributed by atoms with Crippen LogP contribution in [0.3, 0.4) is 0 Å². The molecule has 154 valence electrons. The van der Waals surface area contributed by atoms with Crippen molar-refractivity contribution in [1.82, 2.24) is 14.7 Å². The number of halogens is 1. The van der Waals surface area contributed by atoms with Gasteiger partial charge in [-0.15, -0.1) is 0 Å². The summed E-state index contributed by atoms with van der Waals surface area (Å²) in [6.07, 6.45) is 4.27. The summed E-state index contributed by atoms with van der Waals surface area (Å²) in [6.45, 7) is 7.47. The van der Waals surface area contributed by atoms with Crippen LogP contribution in [0.5, 0.6) is 0 Å². The van der Waals surface area contributed by atoms with Crippen LogP contribution in [-0.4, -0.2) is 45.8 Å². The lowest BCUT2D eigenvalue weighted by Crippen LogP contribution is -2.37. The molecule has 0 aliphatic carbocycles. The smallest absolute Gasteiger partial charge is 0.331 e. The number of hydrogen-bond acceptors (Lipinski definition) is 4. The largest absolute Gasteiger partial charge is 0.449 e. The fourth-order valence-electron chi connectivity index (χ4n) is 3.50. The van der Waals surface area contributed by atoms with Crippen molar-refractivity contribution in [1.29, 1.82) is 0 Å². The van der Waals surface area contributed by atoms with Gasteiger partial charge < -0.3 is 9.64 Å². The number of aromatic nitrogens is 2. The second-order valence-electron chi connectivity index (χ2n) is 7.28. The topological polar surface area (TPSA) is 64.4 Å². The summed E-state index contributed by atoms with van der Waals surface area (Å²) in [7, 11) is 0. The van der Waals surface area contributed by atoms with Gasteiger partial charge in [0.05, 0.1) is 12.2 Å². The Labute approximate surface area is 176 Å². The van der Waals surface area contributed by atoms with E-state index in [9.17, 15) is 9.59 Å². The minimum absolute atomic E-state index is 0.135. The third-order valence-electron chi connectivity index (χ3n) is 5.16. The maximum absolute atomic E-state index is 12.3. The van der Waals surface area contributed by atoms with Crippen molar-refractivity contribution >= 4 is 29.6 Å². The third kappa shape index (κ3) is 5.07. The molecule has 7 heteroatoms. The fraction of sp³-hybridized carbons (Fsp3) is 0.409. The van der Waals surface area contributed by atoms with Gasteiger partial charge in [0.25, 0.3) is 5.91 Å². The van der Waals surface area contributed by atoms with Crippen molar-refractivity contribution in [3.05, 3.63) is 57.9 Å². The number of amides is 1. The monoisotopic (exact) mass is 415 g/mol. The van der Waals surface area contributed by atoms with Gasteiger partial charge in [-0.05, 0) is 51.3 Å². The highest BCUT2D eigenvalue weighted by Gasteiger charge is 2.25. The molecule has 1 fully saturated rings. The highest BCUT2D eigenvalue weighted by molar-refractivity contribution is 6.31. The number of carbonyl (C=O) groups is 2. The zero-order valence-electron chi connectivity index (χ0n) is 17.0. The van der Waals surface area contributed by atoms with Gasteiger partial charge in [0.1, 0.15) is 0 Å². The number of likely N-dealkylation sites (tertiary alicyclic amines) is 1. The summed E-state index contributed by atoms with van der Waals surface area (Å²) in [5, 5.41) is 5.25. The van der Waals surface area contributed by atoms with Crippen molar-refractivity contribution in [2.45, 2.75) is 46.3 Å². The maximum atomic E-state index is 12.3. The molecule has 2 aromatic rings. The van der Waals surface area contributed by atoms with Crippen LogP contribution in [-0.2, 0) is 20.9 Å². The van der Waals surface area contributed by atoms with Crippen LogP contribution in [0.1, 0.15) is 42.3 Å². The van der Waals surface area contributed by atoms with Gasteiger partial charge in [-0.2, -0.15) is 5.10 Å². The first-order chi connectivity index (χ1) is 13.9. The summed E-state index contributed by atoms with van der Waals surface area (Å²) in [5.41, 5.74) is 3.56. The average Bonchev–Trinajstić information content (AvgIpc) is 3.31. The van der Waals surface area contributed by atoms with Gasteiger partial charge in [0.2, 0.25) is 0 Å². The van der Waals surface area contributed by atoms with Crippen molar-refractivity contribution < 1.29 is 14.3 Å². The Morgan fingerprint density at radius 1 is 1.24 bits per heavy atom. The first kappa shape index (κ1) is 21.1. The van der Waals surface area contributed by atoms with E-state index in [2.05, 4.69) is 5.10 Å². The van der Waals surface area contributed by atoms with Crippen molar-refractivity contribution in [2.75, 3.05) is 13.1 Å². The van der Waals surface area contributed by atoms with E-state index in [0.29, 0.717) is 11.6 Å². The second-order valence-corrected chi connectivity index (χ2v) is 7.69. The summed E-state index contributed by atoms with van der Waals surface area (Å²) in [6, 6.07) is 7.64. The van der Waals surface area contributed by atoms with Crippen LogP contribution in [0.25, 0.3) is 6.08 Å². The van der Waals surface area contributed by atoms with E-state index in [0.717, 1.165) is 48.4 Å². The number of esters is 1. The Hall–Kier alpha value is -2.60. The van der Waals surface area contributed by atoms with E-state index in [4.69, 9.17) is 16.3 Å². The number of hydrogen-bond donors (Lipinski definition) is 0. The van der Waals surface area contributed by atoms with Crippen LogP contribution in [0.15, 0.2) is 30.3 Å². The number of benzene rings is 1. The van der Waals surface area contributed by atoms with Gasteiger partial charge in [0, 0.05) is 35.4 Å². The Morgan fingerprint density at radius 3 is 2.62 bits per heavy atom. The zero-order chi connectivity index (χ0) is 21.0. The summed E-state index contributed by atoms with van der Waals surface area (Å²) < 4.78 is 7.14. The minimum atomic E-state index is -0.782. The molecule has 1 aliphatic rings. The standard InChI is InChI=1S/C22H26ClN3O3/c1-15-19(16(2)26(24-15)14-18-8-4-5-9-20(18)23)10-11-21(27)29-17(3)22(28)25-12-6-7-13-25/h4-5,8-11,17H,6-7,12-14H2,1-3H3/b11-10+/t17-/m1/s1. The van der Waals surface area contributed by atoms with Crippen LogP contribution in [0.2, 0.25) is 5.02 Å². The maximum Gasteiger partial charge on any atom is 0.331 e. The molecule has 1 aromatic heterocycles. The molecule has 6 nitrogen and oxygen atoms in total. The zero-order valence-corrected chi connectivity index (χ0v) is 17.8. The molecule has 0 radical (unpaired) electrons. The fourth-order valence-corrected chi connectivity index (χ4v) is 3.70. The number of carbonyl (C=O) groups excluding carboxylic acids is 2. The molecule has 1 saturated heterocycles. The quantitative estimate of drug-likeness (QED) is 0.532. The highest BCUT2D eigenvalue weighted by Crippen LogP contribution is 2.20. The molecule has 1 aromatic carbocycles. The predicted octanol–water partition coefficient (Wildman–Crippen LogP) is 3.77. The predicted molar refractivity (Wildman–Crippen MR) is 113 cm³/mol. The Kier molecular flexibility index (Phi) is 6.75. The van der Waals surface area contributed by atoms with Crippen LogP contribution in [0, 0.1) is 13.8 Å². The van der Waals surface area contributed by atoms with E-state index in [1.54, 1.807) is 17.9 Å². The van der Waals surface area contributed by atoms with Gasteiger partial charge in [-0.25, -0.2) is 4.79 Å². The molecule has 0 saturated carbocycles. The van der Waals surface area contributed by atoms with Gasteiger partial charge in [-0.1, -0.05) is 29.8 Å². The first-order valence-corrected chi connectivity index (χ1v) is 10.2. The number of ether oxygens (including phenoxy) is 1. The van der Waals surface area contributed by atoms with E-state index in [-0.39, 0.29) is 5.91 Å². The number of nitrogens with zero attached hydrogens (tertiary/aromatic N) is 3. The first-order valence-electron chi connectivity index (χ1n) is 9.81. The molecule has 0 spiro atoms. The number of rotatable bonds is 6. The third-order valence-corrected chi connectivity index (χ3v) is 5.53. The lowest BCUT2D eigenvalue weighted by Gasteiger charge is -2.19. The summed E-state index contributed by atoms with van der Waals surface area (Å²) >= 11 is 6.25. The normalized spacial score (nSPS) is 15.1. The highest BCUT2D eigenvalue weighted by atomic mass is 35.5.